The lowest BCUT2D eigenvalue weighted by molar-refractivity contribution is -0.144. The van der Waals surface area contributed by atoms with E-state index < -0.39 is 11.9 Å². The van der Waals surface area contributed by atoms with Crippen LogP contribution in [0.3, 0.4) is 0 Å². The van der Waals surface area contributed by atoms with Gasteiger partial charge in [-0.25, -0.2) is 29.5 Å². The zero-order valence-corrected chi connectivity index (χ0v) is 33.4. The molecule has 14 nitrogen and oxygen atoms in total. The molecule has 0 aliphatic carbocycles. The number of carbonyl (C=O) groups is 2. The van der Waals surface area contributed by atoms with Gasteiger partial charge in [-0.15, -0.1) is 0 Å². The molecule has 0 aliphatic heterocycles. The molecule has 0 fully saturated rings. The first-order valence-electron chi connectivity index (χ1n) is 18.9. The Labute approximate surface area is 348 Å². The van der Waals surface area contributed by atoms with Crippen LogP contribution in [-0.2, 0) is 19.3 Å². The molecule has 0 radical (unpaired) electrons. The minimum Gasteiger partial charge on any atom is -0.497 e. The summed E-state index contributed by atoms with van der Waals surface area (Å²) < 4.78 is 10.6. The number of methoxy groups -OCH3 is 2. The molecule has 0 amide bonds. The number of nitrogens with one attached hydrogen (secondary N) is 4. The molecule has 6 aromatic rings. The van der Waals surface area contributed by atoms with Crippen molar-refractivity contribution in [3.63, 3.8) is 0 Å². The average molecular weight is 805 g/mol. The van der Waals surface area contributed by atoms with Gasteiger partial charge in [0.2, 0.25) is 11.9 Å². The van der Waals surface area contributed by atoms with Crippen LogP contribution in [0.2, 0.25) is 0 Å². The van der Waals surface area contributed by atoms with Crippen LogP contribution in [0.1, 0.15) is 47.9 Å². The van der Waals surface area contributed by atoms with Crippen molar-refractivity contribution < 1.29 is 28.7 Å². The van der Waals surface area contributed by atoms with Gasteiger partial charge in [-0.2, -0.15) is 11.0 Å². The summed E-state index contributed by atoms with van der Waals surface area (Å²) in [6, 6.07) is 41.3. The normalized spacial score (nSPS) is 12.5. The molecule has 60 heavy (non-hydrogen) atoms. The van der Waals surface area contributed by atoms with E-state index in [1.807, 2.05) is 109 Å². The Morgan fingerprint density at radius 3 is 1.28 bits per heavy atom. The number of anilines is 2. The third-order valence-electron chi connectivity index (χ3n) is 9.16. The molecule has 0 saturated carbocycles. The van der Waals surface area contributed by atoms with Crippen LogP contribution < -0.4 is 31.1 Å². The molecule has 2 heterocycles. The van der Waals surface area contributed by atoms with Crippen LogP contribution in [0.5, 0.6) is 11.5 Å². The predicted molar refractivity (Wildman–Crippen MR) is 231 cm³/mol. The maximum Gasteiger partial charge on any atom is 0.356 e. The minimum atomic E-state index is -0.913. The van der Waals surface area contributed by atoms with E-state index >= 15 is 0 Å². The van der Waals surface area contributed by atoms with Gasteiger partial charge < -0.3 is 29.8 Å². The summed E-state index contributed by atoms with van der Waals surface area (Å²) >= 11 is 0. The van der Waals surface area contributed by atoms with Crippen LogP contribution in [0.25, 0.3) is 0 Å². The summed E-state index contributed by atoms with van der Waals surface area (Å²) in [6.07, 6.45) is 5.10. The van der Waals surface area contributed by atoms with Crippen LogP contribution in [0, 0.1) is 0 Å². The number of aromatic nitrogens is 2. The fourth-order valence-corrected chi connectivity index (χ4v) is 5.93. The van der Waals surface area contributed by atoms with E-state index in [0.29, 0.717) is 23.0 Å². The zero-order chi connectivity index (χ0) is 42.1. The number of hydrogen-bond acceptors (Lipinski definition) is 10. The fraction of sp³-hybridized carbons (Fsp3) is 0.130. The first-order valence-corrected chi connectivity index (χ1v) is 18.9. The number of hydroxylamine groups is 2. The van der Waals surface area contributed by atoms with Crippen LogP contribution in [-0.4, -0.2) is 48.0 Å². The molecule has 2 aromatic heterocycles. The first-order chi connectivity index (χ1) is 29.3. The van der Waals surface area contributed by atoms with E-state index in [9.17, 15) is 9.59 Å². The highest BCUT2D eigenvalue weighted by Crippen LogP contribution is 2.31. The number of nitrogens with zero attached hydrogens (tertiary/aromatic N) is 4. The Morgan fingerprint density at radius 1 is 0.533 bits per heavy atom. The lowest BCUT2D eigenvalue weighted by atomic mass is 9.93. The van der Waals surface area contributed by atoms with Gasteiger partial charge in [0.1, 0.15) is 23.1 Å². The Balaban J connectivity index is 1.12. The highest BCUT2D eigenvalue weighted by Gasteiger charge is 2.18. The van der Waals surface area contributed by atoms with Crippen molar-refractivity contribution in [2.45, 2.75) is 25.7 Å². The van der Waals surface area contributed by atoms with Crippen molar-refractivity contribution in [2.75, 3.05) is 24.9 Å². The van der Waals surface area contributed by atoms with Gasteiger partial charge in [-0.3, -0.25) is 0 Å². The largest absolute Gasteiger partial charge is 0.497 e. The van der Waals surface area contributed by atoms with Crippen LogP contribution in [0.15, 0.2) is 168 Å². The number of carbonyl (C=O) groups excluding carboxylic acids is 2. The Bertz CT molecular complexity index is 2260. The van der Waals surface area contributed by atoms with Crippen LogP contribution in [0.4, 0.5) is 23.0 Å². The molecule has 6 rings (SSSR count). The summed E-state index contributed by atoms with van der Waals surface area (Å²) in [4.78, 5) is 54.6. The van der Waals surface area contributed by atoms with Crippen molar-refractivity contribution in [1.82, 2.24) is 20.9 Å². The van der Waals surface area contributed by atoms with Gasteiger partial charge >= 0.3 is 11.9 Å². The second kappa shape index (κ2) is 21.0. The van der Waals surface area contributed by atoms with Gasteiger partial charge in [-0.1, -0.05) is 86.6 Å². The summed E-state index contributed by atoms with van der Waals surface area (Å²) in [5, 5.41) is 6.31. The monoisotopic (exact) mass is 804 g/mol. The van der Waals surface area contributed by atoms with Crippen LogP contribution >= 0.6 is 0 Å². The van der Waals surface area contributed by atoms with Crippen molar-refractivity contribution in [2.24, 2.45) is 9.98 Å². The number of pyridine rings is 2. The lowest BCUT2D eigenvalue weighted by Crippen LogP contribution is -2.34. The number of rotatable bonds is 12. The maximum absolute atomic E-state index is 12.9. The second-order valence-electron chi connectivity index (χ2n) is 13.1. The number of guanidine groups is 2. The fourth-order valence-electron chi connectivity index (χ4n) is 5.93. The Hall–Kier alpha value is -8.00. The Kier molecular flexibility index (Phi) is 14.5. The molecule has 4 N–H and O–H groups in total. The molecule has 0 aliphatic rings. The predicted octanol–water partition coefficient (Wildman–Crippen LogP) is 8.35. The summed E-state index contributed by atoms with van der Waals surface area (Å²) in [5.41, 5.74) is 10.1. The van der Waals surface area contributed by atoms with Crippen molar-refractivity contribution in [3.8, 4) is 11.5 Å². The van der Waals surface area contributed by atoms with E-state index in [4.69, 9.17) is 19.1 Å². The molecule has 2 unspecified atom stereocenters. The highest BCUT2D eigenvalue weighted by atomic mass is 16.7. The summed E-state index contributed by atoms with van der Waals surface area (Å²) in [5.74, 6) is 0.638. The highest BCUT2D eigenvalue weighted by molar-refractivity contribution is 5.98. The average Bonchev–Trinajstić information content (AvgIpc) is 3.30. The quantitative estimate of drug-likeness (QED) is 0.0404. The SMILES string of the molecule is COc1ccc(C(C)c2cccnc2NC(=Nc2ccccc2)NOC(=O)/C=C\C(=O)ONC(=Nc2ccccc2)Nc2ncccc2C(C)c2ccc(OC)cc2)cc1. The zero-order valence-electron chi connectivity index (χ0n) is 33.4. The van der Waals surface area contributed by atoms with E-state index in [-0.39, 0.29) is 23.8 Å². The number of benzene rings is 4. The summed E-state index contributed by atoms with van der Waals surface area (Å²) in [6.45, 7) is 4.11. The van der Waals surface area contributed by atoms with Gasteiger partial charge in [0.05, 0.1) is 25.6 Å². The van der Waals surface area contributed by atoms with Crippen molar-refractivity contribution in [3.05, 3.63) is 180 Å². The molecule has 0 spiro atoms. The lowest BCUT2D eigenvalue weighted by Gasteiger charge is -2.18. The summed E-state index contributed by atoms with van der Waals surface area (Å²) in [7, 11) is 3.24. The second-order valence-corrected chi connectivity index (χ2v) is 13.1. The molecular weight excluding hydrogens is 761 g/mol. The third-order valence-corrected chi connectivity index (χ3v) is 9.16. The smallest absolute Gasteiger partial charge is 0.356 e. The van der Waals surface area contributed by atoms with Crippen molar-refractivity contribution in [1.29, 1.82) is 0 Å². The molecule has 304 valence electrons. The Morgan fingerprint density at radius 2 is 0.917 bits per heavy atom. The van der Waals surface area contributed by atoms with E-state index in [0.717, 1.165) is 45.9 Å². The number of hydrogen-bond donors (Lipinski definition) is 4. The first kappa shape index (κ1) is 41.6. The van der Waals surface area contributed by atoms with E-state index in [1.54, 1.807) is 50.9 Å². The molecule has 0 saturated heterocycles. The standard InChI is InChI=1S/C46H44N8O6/c1-31(33-19-23-37(57-3)24-20-33)39-17-11-29-47-43(39)51-45(49-35-13-7-5-8-14-35)53-59-41(55)27-28-42(56)60-54-46(50-36-15-9-6-10-16-36)52-44-40(18-12-30-48-44)32(2)34-21-25-38(58-4)26-22-34/h5-32H,1-4H3,(H2,47,49,51,53)(H2,48,50,52,54)/b28-27-. The molecule has 14 heteroatoms. The number of ether oxygens (including phenoxy) is 2. The molecular formula is C46H44N8O6. The van der Waals surface area contributed by atoms with E-state index in [2.05, 4.69) is 55.4 Å². The number of aliphatic imine (C=N–C) groups is 2. The van der Waals surface area contributed by atoms with E-state index in [1.165, 1.54) is 0 Å². The number of para-hydroxylation sites is 2. The molecule has 0 bridgehead atoms. The van der Waals surface area contributed by atoms with Gasteiger partial charge in [0.15, 0.2) is 0 Å². The topological polar surface area (TPSA) is 170 Å². The van der Waals surface area contributed by atoms with Gasteiger partial charge in [-0.05, 0) is 71.8 Å². The third kappa shape index (κ3) is 11.8. The molecule has 2 atom stereocenters. The van der Waals surface area contributed by atoms with Gasteiger partial charge in [0.25, 0.3) is 0 Å². The van der Waals surface area contributed by atoms with Crippen molar-refractivity contribution >= 4 is 46.9 Å². The van der Waals surface area contributed by atoms with Gasteiger partial charge in [0, 0.05) is 47.5 Å². The maximum atomic E-state index is 12.9. The minimum absolute atomic E-state index is 0.0668. The molecule has 4 aromatic carbocycles.